The van der Waals surface area contributed by atoms with E-state index < -0.39 is 0 Å². The first-order valence-corrected chi connectivity index (χ1v) is 4.55. The number of H-pyrrole nitrogens is 1. The van der Waals surface area contributed by atoms with Crippen LogP contribution in [0.15, 0.2) is 12.3 Å². The summed E-state index contributed by atoms with van der Waals surface area (Å²) >= 11 is 1.83. The molecule has 3 nitrogen and oxygen atoms in total. The molecule has 10 heavy (non-hydrogen) atoms. The first-order valence-electron chi connectivity index (χ1n) is 3.15. The summed E-state index contributed by atoms with van der Waals surface area (Å²) in [6.45, 7) is 0.989. The number of nitrogens with zero attached hydrogens (tertiary/aromatic N) is 1. The number of nitrogens with one attached hydrogen (secondary N) is 2. The van der Waals surface area contributed by atoms with E-state index in [-0.39, 0.29) is 0 Å². The van der Waals surface area contributed by atoms with Gasteiger partial charge in [0, 0.05) is 12.3 Å². The lowest BCUT2D eigenvalue weighted by molar-refractivity contribution is 1.07. The van der Waals surface area contributed by atoms with E-state index >= 15 is 0 Å². The molecule has 0 spiro atoms. The van der Waals surface area contributed by atoms with Crippen molar-refractivity contribution in [2.24, 2.45) is 0 Å². The minimum Gasteiger partial charge on any atom is -0.370 e. The van der Waals surface area contributed by atoms with Gasteiger partial charge in [-0.3, -0.25) is 5.10 Å². The Morgan fingerprint density at radius 3 is 3.30 bits per heavy atom. The van der Waals surface area contributed by atoms with E-state index in [4.69, 9.17) is 0 Å². The summed E-state index contributed by atoms with van der Waals surface area (Å²) in [5.41, 5.74) is 0. The van der Waals surface area contributed by atoms with Crippen LogP contribution in [0.5, 0.6) is 0 Å². The minimum atomic E-state index is 0.989. The van der Waals surface area contributed by atoms with Crippen LogP contribution in [0.1, 0.15) is 0 Å². The lowest BCUT2D eigenvalue weighted by Gasteiger charge is -1.99. The van der Waals surface area contributed by atoms with E-state index in [9.17, 15) is 0 Å². The van der Waals surface area contributed by atoms with Crippen LogP contribution in [0.4, 0.5) is 5.82 Å². The van der Waals surface area contributed by atoms with Crippen molar-refractivity contribution in [2.75, 3.05) is 23.9 Å². The second-order valence-corrected chi connectivity index (χ2v) is 2.88. The zero-order valence-corrected chi connectivity index (χ0v) is 6.74. The fourth-order valence-corrected chi connectivity index (χ4v) is 0.948. The summed E-state index contributed by atoms with van der Waals surface area (Å²) in [6, 6.07) is 1.92. The Balaban J connectivity index is 2.15. The van der Waals surface area contributed by atoms with E-state index in [0.717, 1.165) is 18.1 Å². The van der Waals surface area contributed by atoms with Gasteiger partial charge in [0.05, 0.1) is 6.20 Å². The molecule has 0 fully saturated rings. The number of aromatic amines is 1. The maximum atomic E-state index is 3.81. The highest BCUT2D eigenvalue weighted by Crippen LogP contribution is 1.98. The zero-order chi connectivity index (χ0) is 7.23. The van der Waals surface area contributed by atoms with Gasteiger partial charge in [-0.05, 0) is 12.3 Å². The maximum Gasteiger partial charge on any atom is 0.121 e. The molecule has 0 saturated carbocycles. The van der Waals surface area contributed by atoms with Crippen LogP contribution < -0.4 is 5.32 Å². The van der Waals surface area contributed by atoms with Gasteiger partial charge in [0.1, 0.15) is 5.82 Å². The first kappa shape index (κ1) is 7.47. The molecule has 0 atom stereocenters. The second kappa shape index (κ2) is 4.22. The highest BCUT2D eigenvalue weighted by atomic mass is 32.2. The van der Waals surface area contributed by atoms with Crippen molar-refractivity contribution < 1.29 is 0 Å². The summed E-state index contributed by atoms with van der Waals surface area (Å²) in [6.07, 6.45) is 3.83. The molecule has 0 aromatic carbocycles. The molecule has 0 unspecified atom stereocenters. The molecule has 0 aliphatic heterocycles. The third kappa shape index (κ3) is 2.31. The summed E-state index contributed by atoms with van der Waals surface area (Å²) in [7, 11) is 0. The van der Waals surface area contributed by atoms with Crippen molar-refractivity contribution in [2.45, 2.75) is 0 Å². The Bertz CT molecular complexity index is 162. The van der Waals surface area contributed by atoms with E-state index in [1.165, 1.54) is 0 Å². The Kier molecular flexibility index (Phi) is 3.15. The predicted octanol–water partition coefficient (Wildman–Crippen LogP) is 1.18. The van der Waals surface area contributed by atoms with Gasteiger partial charge < -0.3 is 5.32 Å². The van der Waals surface area contributed by atoms with Crippen molar-refractivity contribution in [1.29, 1.82) is 0 Å². The third-order valence-corrected chi connectivity index (χ3v) is 1.73. The van der Waals surface area contributed by atoms with Crippen LogP contribution in [0, 0.1) is 0 Å². The molecule has 0 bridgehead atoms. The number of hydrogen-bond donors (Lipinski definition) is 2. The predicted molar refractivity (Wildman–Crippen MR) is 45.5 cm³/mol. The number of rotatable bonds is 4. The smallest absolute Gasteiger partial charge is 0.121 e. The van der Waals surface area contributed by atoms with Crippen molar-refractivity contribution >= 4 is 17.6 Å². The topological polar surface area (TPSA) is 40.7 Å². The number of anilines is 1. The molecule has 0 aliphatic rings. The molecule has 56 valence electrons. The molecule has 0 radical (unpaired) electrons. The molecule has 4 heteroatoms. The molecule has 0 saturated heterocycles. The van der Waals surface area contributed by atoms with E-state index in [2.05, 4.69) is 21.8 Å². The van der Waals surface area contributed by atoms with Gasteiger partial charge >= 0.3 is 0 Å². The number of thioether (sulfide) groups is 1. The van der Waals surface area contributed by atoms with Crippen molar-refractivity contribution in [3.63, 3.8) is 0 Å². The fourth-order valence-electron chi connectivity index (χ4n) is 0.642. The Morgan fingerprint density at radius 1 is 1.80 bits per heavy atom. The Morgan fingerprint density at radius 2 is 2.70 bits per heavy atom. The highest BCUT2D eigenvalue weighted by molar-refractivity contribution is 7.98. The van der Waals surface area contributed by atoms with Gasteiger partial charge in [-0.1, -0.05) is 0 Å². The molecular weight excluding hydrogens is 146 g/mol. The van der Waals surface area contributed by atoms with Crippen LogP contribution in [-0.4, -0.2) is 28.8 Å². The molecule has 1 rings (SSSR count). The fraction of sp³-hybridized carbons (Fsp3) is 0.500. The molecule has 1 aromatic rings. The molecule has 1 heterocycles. The standard InChI is InChI=1S/C6H11N3S/c1-10-5-4-7-6-2-3-8-9-6/h2-3H,4-5H2,1H3,(H2,7,8,9). The average Bonchev–Trinajstić information content (AvgIpc) is 2.41. The van der Waals surface area contributed by atoms with Gasteiger partial charge in [-0.25, -0.2) is 0 Å². The Hall–Kier alpha value is -0.640. The molecular formula is C6H11N3S. The van der Waals surface area contributed by atoms with Crippen molar-refractivity contribution in [3.8, 4) is 0 Å². The average molecular weight is 157 g/mol. The maximum absolute atomic E-state index is 3.81. The number of aromatic nitrogens is 2. The van der Waals surface area contributed by atoms with Crippen LogP contribution in [0.25, 0.3) is 0 Å². The summed E-state index contributed by atoms with van der Waals surface area (Å²) in [5, 5.41) is 9.82. The first-order chi connectivity index (χ1) is 4.93. The quantitative estimate of drug-likeness (QED) is 0.645. The van der Waals surface area contributed by atoms with Crippen LogP contribution in [0.2, 0.25) is 0 Å². The van der Waals surface area contributed by atoms with E-state index in [1.807, 2.05) is 17.8 Å². The van der Waals surface area contributed by atoms with Gasteiger partial charge in [0.25, 0.3) is 0 Å². The van der Waals surface area contributed by atoms with Gasteiger partial charge in [-0.2, -0.15) is 16.9 Å². The summed E-state index contributed by atoms with van der Waals surface area (Å²) < 4.78 is 0. The largest absolute Gasteiger partial charge is 0.370 e. The third-order valence-electron chi connectivity index (χ3n) is 1.12. The Labute approximate surface area is 64.6 Å². The van der Waals surface area contributed by atoms with Gasteiger partial charge in [0.15, 0.2) is 0 Å². The molecule has 0 aliphatic carbocycles. The molecule has 2 N–H and O–H groups in total. The molecule has 1 aromatic heterocycles. The second-order valence-electron chi connectivity index (χ2n) is 1.89. The summed E-state index contributed by atoms with van der Waals surface area (Å²) in [5.74, 6) is 2.12. The van der Waals surface area contributed by atoms with Crippen LogP contribution in [0.3, 0.4) is 0 Å². The SMILES string of the molecule is CSCCNc1ccn[nH]1. The lowest BCUT2D eigenvalue weighted by atomic mass is 10.6. The van der Waals surface area contributed by atoms with Gasteiger partial charge in [0.2, 0.25) is 0 Å². The highest BCUT2D eigenvalue weighted by Gasteiger charge is 1.88. The number of hydrogen-bond acceptors (Lipinski definition) is 3. The van der Waals surface area contributed by atoms with Crippen molar-refractivity contribution in [1.82, 2.24) is 10.2 Å². The monoisotopic (exact) mass is 157 g/mol. The normalized spacial score (nSPS) is 9.70. The zero-order valence-electron chi connectivity index (χ0n) is 5.92. The lowest BCUT2D eigenvalue weighted by Crippen LogP contribution is -2.03. The minimum absolute atomic E-state index is 0.989. The molecule has 0 amide bonds. The van der Waals surface area contributed by atoms with E-state index in [1.54, 1.807) is 6.20 Å². The van der Waals surface area contributed by atoms with E-state index in [0.29, 0.717) is 0 Å². The van der Waals surface area contributed by atoms with Crippen LogP contribution in [-0.2, 0) is 0 Å². The van der Waals surface area contributed by atoms with Crippen molar-refractivity contribution in [3.05, 3.63) is 12.3 Å². The van der Waals surface area contributed by atoms with Gasteiger partial charge in [-0.15, -0.1) is 0 Å². The van der Waals surface area contributed by atoms with Crippen LogP contribution >= 0.6 is 11.8 Å². The summed E-state index contributed by atoms with van der Waals surface area (Å²) in [4.78, 5) is 0.